The third-order valence-corrected chi connectivity index (χ3v) is 4.97. The van der Waals surface area contributed by atoms with Crippen LogP contribution in [0.15, 0.2) is 84.4 Å². The third kappa shape index (κ3) is 5.10. The average Bonchev–Trinajstić information content (AvgIpc) is 3.13. The first kappa shape index (κ1) is 21.8. The molecular formula is C26H22N2O5. The molecule has 1 heterocycles. The minimum Gasteiger partial charge on any atom is -0.489 e. The zero-order valence-corrected chi connectivity index (χ0v) is 18.0. The van der Waals surface area contributed by atoms with Crippen molar-refractivity contribution in [2.45, 2.75) is 13.5 Å². The van der Waals surface area contributed by atoms with E-state index in [1.807, 2.05) is 30.3 Å². The molecule has 4 rings (SSSR count). The lowest BCUT2D eigenvalue weighted by Crippen LogP contribution is -2.35. The maximum atomic E-state index is 12.8. The summed E-state index contributed by atoms with van der Waals surface area (Å²) in [5, 5.41) is 1.15. The molecule has 1 aliphatic heterocycles. The lowest BCUT2D eigenvalue weighted by atomic mass is 10.1. The van der Waals surface area contributed by atoms with Gasteiger partial charge in [-0.3, -0.25) is 15.0 Å². The van der Waals surface area contributed by atoms with Gasteiger partial charge in [0.15, 0.2) is 0 Å². The van der Waals surface area contributed by atoms with Crippen molar-refractivity contribution in [3.05, 3.63) is 101 Å². The molecule has 3 aromatic rings. The summed E-state index contributed by atoms with van der Waals surface area (Å²) >= 11 is 0. The fourth-order valence-corrected chi connectivity index (χ4v) is 3.27. The van der Waals surface area contributed by atoms with E-state index in [9.17, 15) is 14.4 Å². The van der Waals surface area contributed by atoms with Gasteiger partial charge in [0.1, 0.15) is 17.9 Å². The SMILES string of the molecule is CCOC(=O)c1ccc(N2NC(=O)/C(=C/c3ccc(OCc4ccccc4)cc3)C2=O)cc1. The second-order valence-corrected chi connectivity index (χ2v) is 7.25. The molecule has 0 aliphatic carbocycles. The van der Waals surface area contributed by atoms with Crippen LogP contribution in [0.5, 0.6) is 5.75 Å². The Bertz CT molecular complexity index is 1190. The molecule has 0 atom stereocenters. The fraction of sp³-hybridized carbons (Fsp3) is 0.115. The summed E-state index contributed by atoms with van der Waals surface area (Å²) in [5.74, 6) is -0.740. The van der Waals surface area contributed by atoms with Crippen LogP contribution < -0.4 is 15.2 Å². The molecule has 166 valence electrons. The molecule has 0 unspecified atom stereocenters. The Morgan fingerprint density at radius 1 is 0.939 bits per heavy atom. The number of nitrogens with one attached hydrogen (secondary N) is 1. The van der Waals surface area contributed by atoms with Crippen molar-refractivity contribution in [1.82, 2.24) is 5.43 Å². The Morgan fingerprint density at radius 3 is 2.30 bits per heavy atom. The van der Waals surface area contributed by atoms with E-state index in [-0.39, 0.29) is 12.2 Å². The van der Waals surface area contributed by atoms with E-state index in [0.717, 1.165) is 10.6 Å². The Balaban J connectivity index is 1.43. The zero-order valence-electron chi connectivity index (χ0n) is 18.0. The number of esters is 1. The Hall–Kier alpha value is -4.39. The van der Waals surface area contributed by atoms with E-state index in [2.05, 4.69) is 5.43 Å². The van der Waals surface area contributed by atoms with Crippen molar-refractivity contribution in [2.75, 3.05) is 11.6 Å². The van der Waals surface area contributed by atoms with Crippen molar-refractivity contribution in [2.24, 2.45) is 0 Å². The molecule has 3 aromatic carbocycles. The van der Waals surface area contributed by atoms with Crippen molar-refractivity contribution in [3.63, 3.8) is 0 Å². The summed E-state index contributed by atoms with van der Waals surface area (Å²) in [6, 6.07) is 23.2. The minimum absolute atomic E-state index is 0.0161. The van der Waals surface area contributed by atoms with Gasteiger partial charge in [0, 0.05) is 0 Å². The normalized spacial score (nSPS) is 14.3. The van der Waals surface area contributed by atoms with Crippen LogP contribution in [0, 0.1) is 0 Å². The van der Waals surface area contributed by atoms with E-state index < -0.39 is 17.8 Å². The molecule has 1 aliphatic rings. The van der Waals surface area contributed by atoms with Crippen LogP contribution in [0.25, 0.3) is 6.08 Å². The van der Waals surface area contributed by atoms with E-state index in [0.29, 0.717) is 29.2 Å². The molecule has 33 heavy (non-hydrogen) atoms. The van der Waals surface area contributed by atoms with E-state index in [1.54, 1.807) is 55.5 Å². The smallest absolute Gasteiger partial charge is 0.338 e. The quantitative estimate of drug-likeness (QED) is 0.341. The molecule has 0 aromatic heterocycles. The van der Waals surface area contributed by atoms with Gasteiger partial charge in [-0.15, -0.1) is 0 Å². The van der Waals surface area contributed by atoms with Crippen LogP contribution in [-0.4, -0.2) is 24.4 Å². The van der Waals surface area contributed by atoms with Gasteiger partial charge >= 0.3 is 5.97 Å². The van der Waals surface area contributed by atoms with E-state index in [1.165, 1.54) is 6.08 Å². The predicted octanol–water partition coefficient (Wildman–Crippen LogP) is 3.90. The zero-order chi connectivity index (χ0) is 23.2. The number of benzene rings is 3. The first-order valence-corrected chi connectivity index (χ1v) is 10.5. The third-order valence-electron chi connectivity index (χ3n) is 4.97. The lowest BCUT2D eigenvalue weighted by molar-refractivity contribution is -0.117. The molecule has 1 N–H and O–H groups in total. The lowest BCUT2D eigenvalue weighted by Gasteiger charge is -2.14. The van der Waals surface area contributed by atoms with Gasteiger partial charge in [-0.2, -0.15) is 0 Å². The number of carbonyl (C=O) groups is 3. The number of amides is 2. The van der Waals surface area contributed by atoms with Crippen LogP contribution >= 0.6 is 0 Å². The number of anilines is 1. The second kappa shape index (κ2) is 9.82. The summed E-state index contributed by atoms with van der Waals surface area (Å²) in [5.41, 5.74) is 5.13. The number of hydrogen-bond donors (Lipinski definition) is 1. The highest BCUT2D eigenvalue weighted by atomic mass is 16.5. The fourth-order valence-electron chi connectivity index (χ4n) is 3.27. The number of hydrazine groups is 1. The molecule has 7 nitrogen and oxygen atoms in total. The summed E-state index contributed by atoms with van der Waals surface area (Å²) in [4.78, 5) is 37.0. The molecule has 1 saturated heterocycles. The monoisotopic (exact) mass is 442 g/mol. The summed E-state index contributed by atoms with van der Waals surface area (Å²) < 4.78 is 10.7. The molecule has 0 bridgehead atoms. The van der Waals surface area contributed by atoms with Gasteiger partial charge in [-0.25, -0.2) is 9.80 Å². The van der Waals surface area contributed by atoms with Crippen LogP contribution in [0.4, 0.5) is 5.69 Å². The van der Waals surface area contributed by atoms with Gasteiger partial charge < -0.3 is 9.47 Å². The maximum absolute atomic E-state index is 12.8. The average molecular weight is 442 g/mol. The van der Waals surface area contributed by atoms with Gasteiger partial charge in [0.05, 0.1) is 17.9 Å². The van der Waals surface area contributed by atoms with Crippen molar-refractivity contribution in [1.29, 1.82) is 0 Å². The largest absolute Gasteiger partial charge is 0.489 e. The number of rotatable bonds is 7. The van der Waals surface area contributed by atoms with E-state index in [4.69, 9.17) is 9.47 Å². The molecule has 0 spiro atoms. The number of carbonyl (C=O) groups excluding carboxylic acids is 3. The molecule has 0 radical (unpaired) electrons. The molecule has 1 fully saturated rings. The Labute approximate surface area is 191 Å². The van der Waals surface area contributed by atoms with E-state index >= 15 is 0 Å². The summed E-state index contributed by atoms with van der Waals surface area (Å²) in [7, 11) is 0. The van der Waals surface area contributed by atoms with Gasteiger partial charge in [-0.05, 0) is 60.5 Å². The van der Waals surface area contributed by atoms with Crippen molar-refractivity contribution in [3.8, 4) is 5.75 Å². The highest BCUT2D eigenvalue weighted by Crippen LogP contribution is 2.23. The maximum Gasteiger partial charge on any atom is 0.338 e. The number of ether oxygens (including phenoxy) is 2. The van der Waals surface area contributed by atoms with Gasteiger partial charge in [0.25, 0.3) is 11.8 Å². The number of hydrogen-bond acceptors (Lipinski definition) is 5. The van der Waals surface area contributed by atoms with Crippen LogP contribution in [-0.2, 0) is 20.9 Å². The predicted molar refractivity (Wildman–Crippen MR) is 123 cm³/mol. The molecule has 7 heteroatoms. The highest BCUT2D eigenvalue weighted by Gasteiger charge is 2.34. The first-order chi connectivity index (χ1) is 16.0. The van der Waals surface area contributed by atoms with Crippen LogP contribution in [0.2, 0.25) is 0 Å². The second-order valence-electron chi connectivity index (χ2n) is 7.25. The van der Waals surface area contributed by atoms with Crippen molar-refractivity contribution >= 4 is 29.5 Å². The van der Waals surface area contributed by atoms with Crippen LogP contribution in [0.3, 0.4) is 0 Å². The molecule has 2 amide bonds. The summed E-state index contributed by atoms with van der Waals surface area (Å²) in [6.45, 7) is 2.45. The standard InChI is InChI=1S/C26H22N2O5/c1-2-32-26(31)20-10-12-21(13-11-20)28-25(30)23(24(29)27-28)16-18-8-14-22(15-9-18)33-17-19-6-4-3-5-7-19/h3-16H,2,17H2,1H3,(H,27,29)/b23-16-. The van der Waals surface area contributed by atoms with Gasteiger partial charge in [-0.1, -0.05) is 42.5 Å². The topological polar surface area (TPSA) is 84.9 Å². The Kier molecular flexibility index (Phi) is 6.50. The van der Waals surface area contributed by atoms with Crippen molar-refractivity contribution < 1.29 is 23.9 Å². The van der Waals surface area contributed by atoms with Crippen LogP contribution in [0.1, 0.15) is 28.4 Å². The van der Waals surface area contributed by atoms with Gasteiger partial charge in [0.2, 0.25) is 0 Å². The molecule has 0 saturated carbocycles. The Morgan fingerprint density at radius 2 is 1.64 bits per heavy atom. The minimum atomic E-state index is -0.501. The molecular weight excluding hydrogens is 420 g/mol. The summed E-state index contributed by atoms with van der Waals surface area (Å²) in [6.07, 6.45) is 1.53. The first-order valence-electron chi connectivity index (χ1n) is 10.5. The number of nitrogens with zero attached hydrogens (tertiary/aromatic N) is 1. The highest BCUT2D eigenvalue weighted by molar-refractivity contribution is 6.31.